The van der Waals surface area contributed by atoms with Crippen LogP contribution in [-0.2, 0) is 11.3 Å². The van der Waals surface area contributed by atoms with E-state index in [4.69, 9.17) is 5.73 Å². The van der Waals surface area contributed by atoms with Crippen LogP contribution < -0.4 is 10.3 Å². The minimum absolute atomic E-state index is 0.326. The first kappa shape index (κ1) is 6.74. The summed E-state index contributed by atoms with van der Waals surface area (Å²) in [5.74, 6) is 0.606. The van der Waals surface area contributed by atoms with Crippen molar-refractivity contribution in [1.29, 1.82) is 0 Å². The van der Waals surface area contributed by atoms with Gasteiger partial charge in [-0.1, -0.05) is 6.07 Å². The Morgan fingerprint density at radius 1 is 1.60 bits per heavy atom. The maximum atomic E-state index is 10.1. The summed E-state index contributed by atoms with van der Waals surface area (Å²) in [7, 11) is 0. The number of carbonyl (C=O) groups excluding carboxylic acids is 1. The van der Waals surface area contributed by atoms with Gasteiger partial charge in [0.2, 0.25) is 0 Å². The monoisotopic (exact) mass is 137 g/mol. The standard InChI is InChI=1S/C7H8N2O/c8-7-3-1-2-4-9(7)5-6-10/h1-4,6,8H,5H2/p+1. The topological polar surface area (TPSA) is 47.0 Å². The van der Waals surface area contributed by atoms with Gasteiger partial charge in [-0.15, -0.1) is 0 Å². The molecule has 0 aliphatic carbocycles. The summed E-state index contributed by atoms with van der Waals surface area (Å²) in [6, 6.07) is 5.42. The highest BCUT2D eigenvalue weighted by molar-refractivity contribution is 5.47. The lowest BCUT2D eigenvalue weighted by Crippen LogP contribution is -2.37. The number of nitrogens with two attached hydrogens (primary N) is 1. The fraction of sp³-hybridized carbons (Fsp3) is 0.143. The molecule has 0 atom stereocenters. The van der Waals surface area contributed by atoms with Crippen molar-refractivity contribution in [3.8, 4) is 0 Å². The molecule has 1 rings (SSSR count). The van der Waals surface area contributed by atoms with Crippen LogP contribution in [0.2, 0.25) is 0 Å². The summed E-state index contributed by atoms with van der Waals surface area (Å²) < 4.78 is 1.67. The summed E-state index contributed by atoms with van der Waals surface area (Å²) in [5, 5.41) is 0. The molecule has 1 aromatic rings. The van der Waals surface area contributed by atoms with Gasteiger partial charge in [0.1, 0.15) is 6.54 Å². The molecule has 1 heterocycles. The fourth-order valence-electron chi connectivity index (χ4n) is 0.736. The number of nitrogens with zero attached hydrogens (tertiary/aromatic N) is 1. The SMILES string of the molecule is Nc1cccc[n+]1CC=O. The van der Waals surface area contributed by atoms with Gasteiger partial charge >= 0.3 is 0 Å². The normalized spacial score (nSPS) is 9.20. The zero-order chi connectivity index (χ0) is 7.40. The average molecular weight is 137 g/mol. The summed E-state index contributed by atoms with van der Waals surface area (Å²) in [4.78, 5) is 10.1. The molecule has 0 saturated carbocycles. The van der Waals surface area contributed by atoms with E-state index in [-0.39, 0.29) is 0 Å². The molecular formula is C7H9N2O+. The van der Waals surface area contributed by atoms with Crippen LogP contribution in [-0.4, -0.2) is 6.29 Å². The number of rotatable bonds is 2. The molecule has 0 aliphatic heterocycles. The van der Waals surface area contributed by atoms with Crippen LogP contribution >= 0.6 is 0 Å². The van der Waals surface area contributed by atoms with Gasteiger partial charge in [-0.3, -0.25) is 10.5 Å². The Balaban J connectivity index is 2.91. The summed E-state index contributed by atoms with van der Waals surface area (Å²) in [6.07, 6.45) is 2.58. The van der Waals surface area contributed by atoms with Crippen molar-refractivity contribution in [2.45, 2.75) is 6.54 Å². The van der Waals surface area contributed by atoms with Crippen LogP contribution in [0.5, 0.6) is 0 Å². The lowest BCUT2D eigenvalue weighted by atomic mass is 10.4. The molecule has 2 N–H and O–H groups in total. The maximum absolute atomic E-state index is 10.1. The lowest BCUT2D eigenvalue weighted by Gasteiger charge is -1.94. The van der Waals surface area contributed by atoms with E-state index in [1.54, 1.807) is 16.8 Å². The third kappa shape index (κ3) is 1.31. The molecule has 3 nitrogen and oxygen atoms in total. The number of carbonyl (C=O) groups is 1. The Morgan fingerprint density at radius 3 is 3.00 bits per heavy atom. The number of pyridine rings is 1. The van der Waals surface area contributed by atoms with Crippen molar-refractivity contribution in [3.05, 3.63) is 24.4 Å². The van der Waals surface area contributed by atoms with E-state index in [1.807, 2.05) is 12.1 Å². The van der Waals surface area contributed by atoms with E-state index >= 15 is 0 Å². The minimum atomic E-state index is 0.326. The van der Waals surface area contributed by atoms with Crippen LogP contribution in [0.1, 0.15) is 0 Å². The van der Waals surface area contributed by atoms with Crippen molar-refractivity contribution in [3.63, 3.8) is 0 Å². The number of hydrogen-bond donors (Lipinski definition) is 1. The highest BCUT2D eigenvalue weighted by atomic mass is 16.1. The van der Waals surface area contributed by atoms with Gasteiger partial charge in [0.25, 0.3) is 5.82 Å². The van der Waals surface area contributed by atoms with Gasteiger partial charge in [-0.2, -0.15) is 0 Å². The first-order valence-electron chi connectivity index (χ1n) is 3.02. The molecule has 0 fully saturated rings. The van der Waals surface area contributed by atoms with Gasteiger partial charge in [-0.25, -0.2) is 4.57 Å². The van der Waals surface area contributed by atoms with Crippen molar-refractivity contribution in [2.75, 3.05) is 5.73 Å². The van der Waals surface area contributed by atoms with E-state index in [0.29, 0.717) is 12.4 Å². The Kier molecular flexibility index (Phi) is 1.99. The van der Waals surface area contributed by atoms with E-state index in [2.05, 4.69) is 0 Å². The number of hydrogen-bond acceptors (Lipinski definition) is 2. The smallest absolute Gasteiger partial charge is 0.272 e. The second-order valence-electron chi connectivity index (χ2n) is 1.94. The van der Waals surface area contributed by atoms with Gasteiger partial charge in [-0.05, 0) is 6.07 Å². The third-order valence-corrected chi connectivity index (χ3v) is 1.25. The van der Waals surface area contributed by atoms with Gasteiger partial charge < -0.3 is 0 Å². The molecule has 1 aromatic heterocycles. The predicted molar refractivity (Wildman–Crippen MR) is 37.1 cm³/mol. The molecule has 0 bridgehead atoms. The molecular weight excluding hydrogens is 128 g/mol. The lowest BCUT2D eigenvalue weighted by molar-refractivity contribution is -0.668. The minimum Gasteiger partial charge on any atom is -0.299 e. The predicted octanol–water partition coefficient (Wildman–Crippen LogP) is -0.245. The molecule has 0 amide bonds. The number of nitrogen functional groups attached to an aromatic ring is 1. The Bertz CT molecular complexity index is 235. The van der Waals surface area contributed by atoms with Crippen LogP contribution in [0.25, 0.3) is 0 Å². The summed E-state index contributed by atoms with van der Waals surface area (Å²) in [5.41, 5.74) is 5.51. The number of aldehydes is 1. The second-order valence-corrected chi connectivity index (χ2v) is 1.94. The first-order chi connectivity index (χ1) is 4.84. The van der Waals surface area contributed by atoms with Crippen molar-refractivity contribution in [1.82, 2.24) is 0 Å². The molecule has 0 aromatic carbocycles. The van der Waals surface area contributed by atoms with Crippen molar-refractivity contribution < 1.29 is 9.36 Å². The van der Waals surface area contributed by atoms with Crippen molar-refractivity contribution in [2.24, 2.45) is 0 Å². The summed E-state index contributed by atoms with van der Waals surface area (Å²) >= 11 is 0. The average Bonchev–Trinajstić information content (AvgIpc) is 1.94. The van der Waals surface area contributed by atoms with Crippen molar-refractivity contribution >= 4 is 12.1 Å². The molecule has 0 aliphatic rings. The molecule has 0 unspecified atom stereocenters. The van der Waals surface area contributed by atoms with Crippen LogP contribution in [0.15, 0.2) is 24.4 Å². The highest BCUT2D eigenvalue weighted by Gasteiger charge is 1.98. The second kappa shape index (κ2) is 2.96. The Hall–Kier alpha value is -1.38. The number of aromatic nitrogens is 1. The molecule has 10 heavy (non-hydrogen) atoms. The molecule has 52 valence electrons. The van der Waals surface area contributed by atoms with E-state index < -0.39 is 0 Å². The first-order valence-corrected chi connectivity index (χ1v) is 3.02. The van der Waals surface area contributed by atoms with Crippen LogP contribution in [0.3, 0.4) is 0 Å². The largest absolute Gasteiger partial charge is 0.299 e. The summed E-state index contributed by atoms with van der Waals surface area (Å²) in [6.45, 7) is 0.326. The molecule has 0 saturated heterocycles. The molecule has 0 radical (unpaired) electrons. The quantitative estimate of drug-likeness (QED) is 0.451. The van der Waals surface area contributed by atoms with E-state index in [9.17, 15) is 4.79 Å². The maximum Gasteiger partial charge on any atom is 0.272 e. The van der Waals surface area contributed by atoms with Gasteiger partial charge in [0, 0.05) is 6.07 Å². The zero-order valence-corrected chi connectivity index (χ0v) is 5.53. The van der Waals surface area contributed by atoms with Crippen LogP contribution in [0.4, 0.5) is 5.82 Å². The van der Waals surface area contributed by atoms with Crippen LogP contribution in [0, 0.1) is 0 Å². The van der Waals surface area contributed by atoms with Gasteiger partial charge in [0.05, 0.1) is 6.20 Å². The fourth-order valence-corrected chi connectivity index (χ4v) is 0.736. The van der Waals surface area contributed by atoms with E-state index in [0.717, 1.165) is 6.29 Å². The highest BCUT2D eigenvalue weighted by Crippen LogP contribution is 1.88. The molecule has 3 heteroatoms. The number of anilines is 1. The Morgan fingerprint density at radius 2 is 2.40 bits per heavy atom. The van der Waals surface area contributed by atoms with E-state index in [1.165, 1.54) is 0 Å². The zero-order valence-electron chi connectivity index (χ0n) is 5.53. The Labute approximate surface area is 59.1 Å². The van der Waals surface area contributed by atoms with Gasteiger partial charge in [0.15, 0.2) is 6.29 Å². The third-order valence-electron chi connectivity index (χ3n) is 1.25. The molecule has 0 spiro atoms.